The molecule has 1 heterocycles. The van der Waals surface area contributed by atoms with Crippen molar-refractivity contribution < 1.29 is 4.74 Å². The number of guanidine groups is 1. The molecular weight excluding hydrogens is 460 g/mol. The van der Waals surface area contributed by atoms with E-state index in [0.717, 1.165) is 50.7 Å². The Labute approximate surface area is 172 Å². The maximum atomic E-state index is 6.03. The van der Waals surface area contributed by atoms with Crippen LogP contribution in [0, 0.1) is 5.92 Å². The van der Waals surface area contributed by atoms with Gasteiger partial charge in [0.25, 0.3) is 0 Å². The van der Waals surface area contributed by atoms with Crippen molar-refractivity contribution in [3.05, 3.63) is 33.8 Å². The van der Waals surface area contributed by atoms with Crippen LogP contribution in [-0.4, -0.2) is 50.8 Å². The predicted octanol–water partition coefficient (Wildman–Crippen LogP) is 4.09. The molecule has 1 fully saturated rings. The second-order valence-electron chi connectivity index (χ2n) is 5.87. The third-order valence-electron chi connectivity index (χ3n) is 3.84. The molecular formula is C17H26Cl2IN3O. The largest absolute Gasteiger partial charge is 0.381 e. The maximum Gasteiger partial charge on any atom is 0.193 e. The second-order valence-corrected chi connectivity index (χ2v) is 6.75. The van der Waals surface area contributed by atoms with Gasteiger partial charge in [0, 0.05) is 49.3 Å². The number of benzene rings is 1. The highest BCUT2D eigenvalue weighted by Crippen LogP contribution is 2.19. The molecule has 0 radical (unpaired) electrons. The number of rotatable bonds is 6. The quantitative estimate of drug-likeness (QED) is 0.374. The summed E-state index contributed by atoms with van der Waals surface area (Å²) >= 11 is 12.1. The fourth-order valence-electron chi connectivity index (χ4n) is 2.72. The van der Waals surface area contributed by atoms with Crippen LogP contribution in [0.4, 0.5) is 0 Å². The van der Waals surface area contributed by atoms with Crippen LogP contribution in [0.25, 0.3) is 0 Å². The number of hydrogen-bond donors (Lipinski definition) is 1. The molecule has 4 nitrogen and oxygen atoms in total. The lowest BCUT2D eigenvalue weighted by Crippen LogP contribution is -2.41. The number of halogens is 3. The SMILES string of the molecule is CCNC(=NCCc1cc(Cl)cc(Cl)c1)N(C)CC1CCOC1.I. The van der Waals surface area contributed by atoms with Crippen LogP contribution < -0.4 is 5.32 Å². The maximum absolute atomic E-state index is 6.03. The Kier molecular flexibility index (Phi) is 10.3. The molecule has 1 unspecified atom stereocenters. The Balaban J connectivity index is 0.00000288. The molecule has 24 heavy (non-hydrogen) atoms. The lowest BCUT2D eigenvalue weighted by atomic mass is 10.1. The van der Waals surface area contributed by atoms with E-state index in [4.69, 9.17) is 32.9 Å². The number of ether oxygens (including phenoxy) is 1. The highest BCUT2D eigenvalue weighted by molar-refractivity contribution is 14.0. The molecule has 0 aromatic heterocycles. The van der Waals surface area contributed by atoms with Crippen molar-refractivity contribution in [3.8, 4) is 0 Å². The van der Waals surface area contributed by atoms with Crippen LogP contribution in [0.2, 0.25) is 10.0 Å². The molecule has 7 heteroatoms. The topological polar surface area (TPSA) is 36.9 Å². The molecule has 0 bridgehead atoms. The summed E-state index contributed by atoms with van der Waals surface area (Å²) in [6.07, 6.45) is 1.94. The fourth-order valence-corrected chi connectivity index (χ4v) is 3.29. The van der Waals surface area contributed by atoms with Crippen LogP contribution >= 0.6 is 47.2 Å². The van der Waals surface area contributed by atoms with Crippen LogP contribution in [-0.2, 0) is 11.2 Å². The van der Waals surface area contributed by atoms with Gasteiger partial charge in [0.1, 0.15) is 0 Å². The van der Waals surface area contributed by atoms with Crippen molar-refractivity contribution in [2.24, 2.45) is 10.9 Å². The lowest BCUT2D eigenvalue weighted by molar-refractivity contribution is 0.181. The first-order chi connectivity index (χ1) is 11.1. The van der Waals surface area contributed by atoms with E-state index >= 15 is 0 Å². The Morgan fingerprint density at radius 3 is 2.62 bits per heavy atom. The summed E-state index contributed by atoms with van der Waals surface area (Å²) in [6.45, 7) is 6.33. The van der Waals surface area contributed by atoms with Gasteiger partial charge in [0.05, 0.1) is 6.61 Å². The molecule has 0 aliphatic carbocycles. The number of hydrogen-bond acceptors (Lipinski definition) is 2. The van der Waals surface area contributed by atoms with Crippen molar-refractivity contribution in [2.75, 3.05) is 39.9 Å². The van der Waals surface area contributed by atoms with Gasteiger partial charge in [-0.25, -0.2) is 0 Å². The normalized spacial score (nSPS) is 17.5. The van der Waals surface area contributed by atoms with Gasteiger partial charge >= 0.3 is 0 Å². The molecule has 1 aromatic rings. The number of nitrogens with zero attached hydrogens (tertiary/aromatic N) is 2. The van der Waals surface area contributed by atoms with Gasteiger partial charge in [-0.3, -0.25) is 4.99 Å². The van der Waals surface area contributed by atoms with Crippen LogP contribution in [0.3, 0.4) is 0 Å². The van der Waals surface area contributed by atoms with Crippen molar-refractivity contribution in [3.63, 3.8) is 0 Å². The van der Waals surface area contributed by atoms with E-state index in [1.807, 2.05) is 12.1 Å². The molecule has 1 atom stereocenters. The Hall–Kier alpha value is -0.240. The van der Waals surface area contributed by atoms with E-state index in [9.17, 15) is 0 Å². The molecule has 1 aliphatic rings. The Morgan fingerprint density at radius 1 is 1.33 bits per heavy atom. The minimum Gasteiger partial charge on any atom is -0.381 e. The van der Waals surface area contributed by atoms with E-state index in [1.54, 1.807) is 6.07 Å². The van der Waals surface area contributed by atoms with Crippen LogP contribution in [0.1, 0.15) is 18.9 Å². The van der Waals surface area contributed by atoms with E-state index in [1.165, 1.54) is 0 Å². The van der Waals surface area contributed by atoms with Gasteiger partial charge < -0.3 is 15.0 Å². The zero-order valence-electron chi connectivity index (χ0n) is 14.2. The first-order valence-electron chi connectivity index (χ1n) is 8.10. The summed E-state index contributed by atoms with van der Waals surface area (Å²) in [6, 6.07) is 5.63. The van der Waals surface area contributed by atoms with Crippen molar-refractivity contribution in [1.82, 2.24) is 10.2 Å². The number of nitrogens with one attached hydrogen (secondary N) is 1. The summed E-state index contributed by atoms with van der Waals surface area (Å²) in [7, 11) is 2.08. The van der Waals surface area contributed by atoms with Gasteiger partial charge in [-0.2, -0.15) is 0 Å². The third kappa shape index (κ3) is 7.33. The van der Waals surface area contributed by atoms with Gasteiger partial charge in [0.15, 0.2) is 5.96 Å². The molecule has 1 saturated heterocycles. The minimum atomic E-state index is 0. The van der Waals surface area contributed by atoms with E-state index in [0.29, 0.717) is 22.5 Å². The molecule has 0 saturated carbocycles. The van der Waals surface area contributed by atoms with Crippen LogP contribution in [0.15, 0.2) is 23.2 Å². The van der Waals surface area contributed by atoms with Gasteiger partial charge in [0.2, 0.25) is 0 Å². The summed E-state index contributed by atoms with van der Waals surface area (Å²) in [4.78, 5) is 6.90. The Bertz CT molecular complexity index is 516. The molecule has 1 N–H and O–H groups in total. The zero-order chi connectivity index (χ0) is 16.7. The van der Waals surface area contributed by atoms with Gasteiger partial charge in [-0.15, -0.1) is 24.0 Å². The average Bonchev–Trinajstić information content (AvgIpc) is 2.98. The fraction of sp³-hybridized carbons (Fsp3) is 0.588. The van der Waals surface area contributed by atoms with Crippen LogP contribution in [0.5, 0.6) is 0 Å². The van der Waals surface area contributed by atoms with E-state index in [2.05, 4.69) is 24.2 Å². The molecule has 0 spiro atoms. The highest BCUT2D eigenvalue weighted by Gasteiger charge is 2.18. The molecule has 136 valence electrons. The second kappa shape index (κ2) is 11.4. The van der Waals surface area contributed by atoms with Gasteiger partial charge in [-0.1, -0.05) is 23.2 Å². The smallest absolute Gasteiger partial charge is 0.193 e. The highest BCUT2D eigenvalue weighted by atomic mass is 127. The first-order valence-corrected chi connectivity index (χ1v) is 8.86. The van der Waals surface area contributed by atoms with E-state index in [-0.39, 0.29) is 24.0 Å². The third-order valence-corrected chi connectivity index (χ3v) is 4.27. The first kappa shape index (κ1) is 21.8. The summed E-state index contributed by atoms with van der Waals surface area (Å²) in [5.74, 6) is 1.53. The Morgan fingerprint density at radius 2 is 2.04 bits per heavy atom. The van der Waals surface area contributed by atoms with Crippen molar-refractivity contribution in [2.45, 2.75) is 19.8 Å². The van der Waals surface area contributed by atoms with Crippen molar-refractivity contribution >= 4 is 53.1 Å². The standard InChI is InChI=1S/C17H25Cl2N3O.HI/c1-3-20-17(22(2)11-14-5-7-23-12-14)21-6-4-13-8-15(18)10-16(19)9-13;/h8-10,14H,3-7,11-12H2,1-2H3,(H,20,21);1H. The minimum absolute atomic E-state index is 0. The average molecular weight is 486 g/mol. The number of aliphatic imine (C=N–C) groups is 1. The summed E-state index contributed by atoms with van der Waals surface area (Å²) in [5, 5.41) is 4.68. The van der Waals surface area contributed by atoms with E-state index < -0.39 is 0 Å². The van der Waals surface area contributed by atoms with Gasteiger partial charge in [-0.05, 0) is 43.5 Å². The summed E-state index contributed by atoms with van der Waals surface area (Å²) in [5.41, 5.74) is 1.11. The molecule has 0 amide bonds. The predicted molar refractivity (Wildman–Crippen MR) is 113 cm³/mol. The molecule has 1 aliphatic heterocycles. The summed E-state index contributed by atoms with van der Waals surface area (Å²) < 4.78 is 5.45. The monoisotopic (exact) mass is 485 g/mol. The molecule has 2 rings (SSSR count). The van der Waals surface area contributed by atoms with Crippen molar-refractivity contribution in [1.29, 1.82) is 0 Å². The lowest BCUT2D eigenvalue weighted by Gasteiger charge is -2.24. The zero-order valence-corrected chi connectivity index (χ0v) is 18.1. The molecule has 1 aromatic carbocycles.